The number of hydrogen-bond donors (Lipinski definition) is 1. The molecule has 5 heteroatoms. The number of phenolic OH excluding ortho intramolecular Hbond substituents is 1. The van der Waals surface area contributed by atoms with Gasteiger partial charge in [0.05, 0.1) is 5.69 Å². The molecule has 0 aliphatic heterocycles. The fourth-order valence-corrected chi connectivity index (χ4v) is 1.12. The number of amides is 1. The molecule has 0 spiro atoms. The number of hydrogen-bond acceptors (Lipinski definition) is 4. The number of azo groups is 1. The fourth-order valence-electron chi connectivity index (χ4n) is 0.770. The van der Waals surface area contributed by atoms with Crippen LogP contribution in [0.4, 0.5) is 10.5 Å². The van der Waals surface area contributed by atoms with Crippen LogP contribution in [0.2, 0.25) is 0 Å². The van der Waals surface area contributed by atoms with Gasteiger partial charge in [-0.3, -0.25) is 4.79 Å². The minimum atomic E-state index is -0.305. The van der Waals surface area contributed by atoms with E-state index in [0.717, 1.165) is 11.8 Å². The van der Waals surface area contributed by atoms with Gasteiger partial charge in [0.1, 0.15) is 5.75 Å². The average Bonchev–Trinajstić information content (AvgIpc) is 2.17. The molecule has 1 N–H and O–H groups in total. The van der Waals surface area contributed by atoms with Crippen molar-refractivity contribution in [2.75, 3.05) is 5.75 Å². The van der Waals surface area contributed by atoms with Crippen molar-refractivity contribution in [2.45, 2.75) is 6.92 Å². The van der Waals surface area contributed by atoms with E-state index in [1.807, 2.05) is 6.92 Å². The van der Waals surface area contributed by atoms with E-state index >= 15 is 0 Å². The molecule has 0 heterocycles. The van der Waals surface area contributed by atoms with Crippen LogP contribution in [-0.4, -0.2) is 16.1 Å². The molecule has 0 aliphatic carbocycles. The predicted octanol–water partition coefficient (Wildman–Crippen LogP) is 3.35. The summed E-state index contributed by atoms with van der Waals surface area (Å²) >= 11 is 1.10. The van der Waals surface area contributed by atoms with Crippen LogP contribution in [0.15, 0.2) is 34.5 Å². The molecule has 1 aromatic rings. The molecule has 0 unspecified atom stereocenters. The predicted molar refractivity (Wildman–Crippen MR) is 56.2 cm³/mol. The Morgan fingerprint density at radius 2 is 2.07 bits per heavy atom. The van der Waals surface area contributed by atoms with E-state index in [0.29, 0.717) is 11.4 Å². The fraction of sp³-hybridized carbons (Fsp3) is 0.222. The number of carbonyl (C=O) groups excluding carboxylic acids is 1. The van der Waals surface area contributed by atoms with E-state index in [9.17, 15) is 4.79 Å². The second-order valence-corrected chi connectivity index (χ2v) is 3.63. The van der Waals surface area contributed by atoms with Gasteiger partial charge < -0.3 is 5.11 Å². The van der Waals surface area contributed by atoms with Crippen molar-refractivity contribution in [1.29, 1.82) is 0 Å². The van der Waals surface area contributed by atoms with Gasteiger partial charge in [-0.2, -0.15) is 0 Å². The largest absolute Gasteiger partial charge is 0.508 e. The molecule has 1 amide bonds. The lowest BCUT2D eigenvalue weighted by Gasteiger charge is -1.92. The summed E-state index contributed by atoms with van der Waals surface area (Å²) in [5, 5.41) is 15.9. The average molecular weight is 210 g/mol. The van der Waals surface area contributed by atoms with Crippen molar-refractivity contribution in [2.24, 2.45) is 10.2 Å². The molecular weight excluding hydrogens is 200 g/mol. The monoisotopic (exact) mass is 210 g/mol. The summed E-state index contributed by atoms with van der Waals surface area (Å²) in [6.07, 6.45) is 0. The van der Waals surface area contributed by atoms with E-state index in [-0.39, 0.29) is 11.0 Å². The van der Waals surface area contributed by atoms with Crippen LogP contribution < -0.4 is 0 Å². The molecular formula is C9H10N2O2S. The molecule has 0 atom stereocenters. The summed E-state index contributed by atoms with van der Waals surface area (Å²) in [7, 11) is 0. The highest BCUT2D eigenvalue weighted by Crippen LogP contribution is 2.17. The zero-order chi connectivity index (χ0) is 10.4. The number of thioether (sulfide) groups is 1. The van der Waals surface area contributed by atoms with Crippen LogP contribution in [0.1, 0.15) is 6.92 Å². The first kappa shape index (κ1) is 10.7. The topological polar surface area (TPSA) is 62.0 Å². The standard InChI is InChI=1S/C9H10N2O2S/c1-2-14-9(13)11-10-7-3-5-8(12)6-4-7/h3-6,12H,2H2,1H3. The van der Waals surface area contributed by atoms with Gasteiger partial charge in [0, 0.05) is 0 Å². The van der Waals surface area contributed by atoms with Crippen LogP contribution >= 0.6 is 11.8 Å². The van der Waals surface area contributed by atoms with Gasteiger partial charge in [-0.05, 0) is 30.0 Å². The van der Waals surface area contributed by atoms with Crippen LogP contribution in [0.3, 0.4) is 0 Å². The second kappa shape index (κ2) is 5.39. The molecule has 0 saturated heterocycles. The smallest absolute Gasteiger partial charge is 0.323 e. The number of carbonyl (C=O) groups is 1. The highest BCUT2D eigenvalue weighted by molar-refractivity contribution is 8.13. The molecule has 0 radical (unpaired) electrons. The third-order valence-corrected chi connectivity index (χ3v) is 1.98. The van der Waals surface area contributed by atoms with Gasteiger partial charge in [0.25, 0.3) is 0 Å². The van der Waals surface area contributed by atoms with Gasteiger partial charge in [0.2, 0.25) is 0 Å². The van der Waals surface area contributed by atoms with E-state index in [4.69, 9.17) is 5.11 Å². The third-order valence-electron chi connectivity index (χ3n) is 1.36. The Morgan fingerprint density at radius 3 is 2.64 bits per heavy atom. The van der Waals surface area contributed by atoms with Crippen molar-refractivity contribution in [1.82, 2.24) is 0 Å². The van der Waals surface area contributed by atoms with Crippen molar-refractivity contribution < 1.29 is 9.90 Å². The van der Waals surface area contributed by atoms with E-state index in [1.54, 1.807) is 12.1 Å². The Labute approximate surface area is 86.1 Å². The van der Waals surface area contributed by atoms with Crippen LogP contribution in [0.5, 0.6) is 5.75 Å². The molecule has 1 aromatic carbocycles. The van der Waals surface area contributed by atoms with Gasteiger partial charge in [-0.15, -0.1) is 10.2 Å². The quantitative estimate of drug-likeness (QED) is 0.761. The number of aromatic hydroxyl groups is 1. The van der Waals surface area contributed by atoms with Gasteiger partial charge in [-0.25, -0.2) is 0 Å². The van der Waals surface area contributed by atoms with Gasteiger partial charge in [-0.1, -0.05) is 18.7 Å². The van der Waals surface area contributed by atoms with Crippen LogP contribution in [0, 0.1) is 0 Å². The maximum absolute atomic E-state index is 10.9. The number of nitrogens with zero attached hydrogens (tertiary/aromatic N) is 2. The Bertz CT molecular complexity index is 335. The first-order chi connectivity index (χ1) is 6.72. The summed E-state index contributed by atoms with van der Waals surface area (Å²) in [6, 6.07) is 6.16. The highest BCUT2D eigenvalue weighted by atomic mass is 32.2. The van der Waals surface area contributed by atoms with Crippen molar-refractivity contribution >= 4 is 22.7 Å². The minimum absolute atomic E-state index is 0.165. The zero-order valence-electron chi connectivity index (χ0n) is 7.67. The highest BCUT2D eigenvalue weighted by Gasteiger charge is 1.96. The van der Waals surface area contributed by atoms with E-state index < -0.39 is 0 Å². The third kappa shape index (κ3) is 3.57. The first-order valence-electron chi connectivity index (χ1n) is 4.10. The summed E-state index contributed by atoms with van der Waals surface area (Å²) in [5.41, 5.74) is 0.549. The van der Waals surface area contributed by atoms with Gasteiger partial charge >= 0.3 is 5.24 Å². The molecule has 0 fully saturated rings. The maximum atomic E-state index is 10.9. The summed E-state index contributed by atoms with van der Waals surface area (Å²) in [4.78, 5) is 10.9. The lowest BCUT2D eigenvalue weighted by molar-refractivity contribution is 0.266. The molecule has 14 heavy (non-hydrogen) atoms. The number of rotatable bonds is 2. The normalized spacial score (nSPS) is 10.6. The number of phenols is 1. The molecule has 4 nitrogen and oxygen atoms in total. The molecule has 74 valence electrons. The maximum Gasteiger partial charge on any atom is 0.323 e. The first-order valence-corrected chi connectivity index (χ1v) is 5.08. The lowest BCUT2D eigenvalue weighted by atomic mass is 10.3. The Morgan fingerprint density at radius 1 is 1.43 bits per heavy atom. The molecule has 0 saturated carbocycles. The molecule has 0 aromatic heterocycles. The zero-order valence-corrected chi connectivity index (χ0v) is 8.49. The summed E-state index contributed by atoms with van der Waals surface area (Å²) in [6.45, 7) is 1.87. The van der Waals surface area contributed by atoms with Gasteiger partial charge in [0.15, 0.2) is 0 Å². The Hall–Kier alpha value is -1.36. The van der Waals surface area contributed by atoms with Crippen molar-refractivity contribution in [3.63, 3.8) is 0 Å². The van der Waals surface area contributed by atoms with Crippen molar-refractivity contribution in [3.8, 4) is 5.75 Å². The van der Waals surface area contributed by atoms with E-state index in [1.165, 1.54) is 12.1 Å². The Kier molecular flexibility index (Phi) is 4.12. The lowest BCUT2D eigenvalue weighted by Crippen LogP contribution is -1.80. The molecule has 1 rings (SSSR count). The summed E-state index contributed by atoms with van der Waals surface area (Å²) < 4.78 is 0. The number of benzene rings is 1. The Balaban J connectivity index is 2.60. The van der Waals surface area contributed by atoms with Crippen LogP contribution in [-0.2, 0) is 0 Å². The van der Waals surface area contributed by atoms with Crippen molar-refractivity contribution in [3.05, 3.63) is 24.3 Å². The molecule has 0 aliphatic rings. The SMILES string of the molecule is CCSC(=O)N=Nc1ccc(O)cc1. The summed E-state index contributed by atoms with van der Waals surface area (Å²) in [5.74, 6) is 0.853. The molecule has 0 bridgehead atoms. The van der Waals surface area contributed by atoms with Crippen LogP contribution in [0.25, 0.3) is 0 Å². The van der Waals surface area contributed by atoms with E-state index in [2.05, 4.69) is 10.2 Å². The minimum Gasteiger partial charge on any atom is -0.508 e. The second-order valence-electron chi connectivity index (χ2n) is 2.42.